The van der Waals surface area contributed by atoms with Crippen molar-refractivity contribution >= 4 is 11.9 Å². The van der Waals surface area contributed by atoms with Crippen LogP contribution in [0.1, 0.15) is 31.3 Å². The minimum Gasteiger partial charge on any atom is -0.381 e. The lowest BCUT2D eigenvalue weighted by molar-refractivity contribution is -0.193. The summed E-state index contributed by atoms with van der Waals surface area (Å²) in [4.78, 5) is 25.3. The molecule has 0 aliphatic rings. The topological polar surface area (TPSA) is 61.2 Å². The second-order valence-electron chi connectivity index (χ2n) is 5.17. The molecule has 8 heteroatoms. The van der Waals surface area contributed by atoms with Gasteiger partial charge in [0.05, 0.1) is 6.33 Å². The van der Waals surface area contributed by atoms with Gasteiger partial charge in [-0.2, -0.15) is 13.2 Å². The molecule has 106 valence electrons. The van der Waals surface area contributed by atoms with Gasteiger partial charge in [-0.05, 0) is 5.41 Å². The molecule has 0 N–H and O–H groups in total. The molecule has 5 nitrogen and oxygen atoms in total. The summed E-state index contributed by atoms with van der Waals surface area (Å²) in [6.45, 7) is 6.34. The lowest BCUT2D eigenvalue weighted by atomic mass is 9.97. The molecule has 0 amide bonds. The van der Waals surface area contributed by atoms with Crippen LogP contribution in [0.3, 0.4) is 0 Å². The molecule has 1 aromatic heterocycles. The molecule has 0 saturated heterocycles. The van der Waals surface area contributed by atoms with Gasteiger partial charge in [0.25, 0.3) is 0 Å². The molecule has 1 heterocycles. The highest BCUT2D eigenvalue weighted by atomic mass is 19.4. The maximum atomic E-state index is 11.9. The second-order valence-corrected chi connectivity index (χ2v) is 5.17. The van der Waals surface area contributed by atoms with Crippen LogP contribution >= 0.6 is 0 Å². The molecule has 0 aromatic carbocycles. The third kappa shape index (κ3) is 4.72. The average molecular weight is 278 g/mol. The van der Waals surface area contributed by atoms with E-state index in [2.05, 4.69) is 9.72 Å². The first-order valence-electron chi connectivity index (χ1n) is 5.34. The first-order chi connectivity index (χ1) is 8.49. The van der Waals surface area contributed by atoms with E-state index < -0.39 is 18.1 Å². The summed E-state index contributed by atoms with van der Waals surface area (Å²) in [6.07, 6.45) is -2.68. The fourth-order valence-electron chi connectivity index (χ4n) is 1.29. The number of imidazole rings is 1. The van der Waals surface area contributed by atoms with Crippen molar-refractivity contribution < 1.29 is 27.5 Å². The monoisotopic (exact) mass is 278 g/mol. The maximum absolute atomic E-state index is 11.9. The Morgan fingerprint density at radius 3 is 2.37 bits per heavy atom. The van der Waals surface area contributed by atoms with E-state index in [1.807, 2.05) is 20.8 Å². The number of esters is 2. The fraction of sp³-hybridized carbons (Fsp3) is 0.545. The zero-order valence-corrected chi connectivity index (χ0v) is 10.6. The van der Waals surface area contributed by atoms with Crippen LogP contribution in [-0.2, 0) is 16.1 Å². The molecule has 0 aliphatic heterocycles. The molecule has 0 fully saturated rings. The molecule has 0 unspecified atom stereocenters. The van der Waals surface area contributed by atoms with Crippen LogP contribution < -0.4 is 0 Å². The average Bonchev–Trinajstić information content (AvgIpc) is 2.61. The fourth-order valence-corrected chi connectivity index (χ4v) is 1.29. The molecule has 1 rings (SSSR count). The van der Waals surface area contributed by atoms with Crippen molar-refractivity contribution in [3.05, 3.63) is 18.2 Å². The van der Waals surface area contributed by atoms with Crippen LogP contribution in [0.15, 0.2) is 12.5 Å². The first kappa shape index (κ1) is 15.2. The standard InChI is InChI=1S/C11H13F3N2O3/c1-10(2,3)5-16-4-7(15-6-16)8(17)19-9(18)11(12,13)14/h4,6H,5H2,1-3H3. The number of alkyl halides is 3. The summed E-state index contributed by atoms with van der Waals surface area (Å²) in [5.41, 5.74) is -0.439. The predicted molar refractivity (Wildman–Crippen MR) is 58.2 cm³/mol. The molecule has 0 radical (unpaired) electrons. The summed E-state index contributed by atoms with van der Waals surface area (Å²) < 4.78 is 40.9. The van der Waals surface area contributed by atoms with Gasteiger partial charge in [0.2, 0.25) is 0 Å². The Labute approximate surface area is 107 Å². The Morgan fingerprint density at radius 2 is 1.89 bits per heavy atom. The highest BCUT2D eigenvalue weighted by molar-refractivity contribution is 5.96. The van der Waals surface area contributed by atoms with Gasteiger partial charge < -0.3 is 9.30 Å². The van der Waals surface area contributed by atoms with Crippen LogP contribution in [0, 0.1) is 5.41 Å². The molecule has 0 spiro atoms. The van der Waals surface area contributed by atoms with Crippen LogP contribution in [0.2, 0.25) is 0 Å². The van der Waals surface area contributed by atoms with E-state index in [1.165, 1.54) is 17.1 Å². The lowest BCUT2D eigenvalue weighted by Crippen LogP contribution is -2.28. The van der Waals surface area contributed by atoms with Crippen molar-refractivity contribution in [2.75, 3.05) is 0 Å². The second kappa shape index (κ2) is 5.02. The van der Waals surface area contributed by atoms with Crippen LogP contribution in [0.25, 0.3) is 0 Å². The Hall–Kier alpha value is -1.86. The van der Waals surface area contributed by atoms with Crippen LogP contribution in [-0.4, -0.2) is 27.7 Å². The molecule has 0 saturated carbocycles. The van der Waals surface area contributed by atoms with Crippen molar-refractivity contribution in [1.29, 1.82) is 0 Å². The summed E-state index contributed by atoms with van der Waals surface area (Å²) in [5, 5.41) is 0. The summed E-state index contributed by atoms with van der Waals surface area (Å²) >= 11 is 0. The smallest absolute Gasteiger partial charge is 0.381 e. The molecule has 0 atom stereocenters. The number of hydrogen-bond acceptors (Lipinski definition) is 4. The van der Waals surface area contributed by atoms with Gasteiger partial charge in [-0.1, -0.05) is 20.8 Å². The van der Waals surface area contributed by atoms with Gasteiger partial charge in [0, 0.05) is 12.7 Å². The highest BCUT2D eigenvalue weighted by Crippen LogP contribution is 2.18. The van der Waals surface area contributed by atoms with Gasteiger partial charge >= 0.3 is 18.1 Å². The molecule has 19 heavy (non-hydrogen) atoms. The van der Waals surface area contributed by atoms with Crippen LogP contribution in [0.4, 0.5) is 13.2 Å². The molecule has 0 aliphatic carbocycles. The van der Waals surface area contributed by atoms with Gasteiger partial charge in [-0.15, -0.1) is 0 Å². The highest BCUT2D eigenvalue weighted by Gasteiger charge is 2.42. The SMILES string of the molecule is CC(C)(C)Cn1cnc(C(=O)OC(=O)C(F)(F)F)c1. The van der Waals surface area contributed by atoms with E-state index in [0.29, 0.717) is 6.54 Å². The van der Waals surface area contributed by atoms with Crippen molar-refractivity contribution in [1.82, 2.24) is 9.55 Å². The van der Waals surface area contributed by atoms with E-state index in [4.69, 9.17) is 0 Å². The minimum atomic E-state index is -5.20. The van der Waals surface area contributed by atoms with E-state index >= 15 is 0 Å². The van der Waals surface area contributed by atoms with E-state index in [0.717, 1.165) is 0 Å². The quantitative estimate of drug-likeness (QED) is 0.614. The van der Waals surface area contributed by atoms with Crippen molar-refractivity contribution in [3.8, 4) is 0 Å². The Bertz CT molecular complexity index is 486. The predicted octanol–water partition coefficient (Wildman–Crippen LogP) is 2.17. The zero-order valence-electron chi connectivity index (χ0n) is 10.6. The molecule has 1 aromatic rings. The molecular formula is C11H13F3N2O3. The van der Waals surface area contributed by atoms with Gasteiger partial charge in [-0.25, -0.2) is 14.6 Å². The maximum Gasteiger partial charge on any atom is 0.491 e. The number of hydrogen-bond donors (Lipinski definition) is 0. The van der Waals surface area contributed by atoms with Gasteiger partial charge in [0.1, 0.15) is 0 Å². The van der Waals surface area contributed by atoms with Crippen molar-refractivity contribution in [2.24, 2.45) is 5.41 Å². The lowest BCUT2D eigenvalue weighted by Gasteiger charge is -2.18. The number of carbonyl (C=O) groups excluding carboxylic acids is 2. The number of carbonyl (C=O) groups is 2. The molecular weight excluding hydrogens is 265 g/mol. The summed E-state index contributed by atoms with van der Waals surface area (Å²) in [7, 11) is 0. The van der Waals surface area contributed by atoms with Crippen molar-refractivity contribution in [2.45, 2.75) is 33.5 Å². The third-order valence-electron chi connectivity index (χ3n) is 1.92. The third-order valence-corrected chi connectivity index (χ3v) is 1.92. The Kier molecular flexibility index (Phi) is 4.02. The van der Waals surface area contributed by atoms with E-state index in [9.17, 15) is 22.8 Å². The zero-order chi connectivity index (χ0) is 14.8. The number of ether oxygens (including phenoxy) is 1. The molecule has 0 bridgehead atoms. The number of halogens is 3. The normalized spacial score (nSPS) is 12.3. The number of rotatable bonds is 2. The van der Waals surface area contributed by atoms with Crippen LogP contribution in [0.5, 0.6) is 0 Å². The van der Waals surface area contributed by atoms with E-state index in [-0.39, 0.29) is 11.1 Å². The summed E-state index contributed by atoms with van der Waals surface area (Å²) in [5.74, 6) is -3.97. The van der Waals surface area contributed by atoms with Gasteiger partial charge in [0.15, 0.2) is 5.69 Å². The summed E-state index contributed by atoms with van der Waals surface area (Å²) in [6, 6.07) is 0. The van der Waals surface area contributed by atoms with Crippen molar-refractivity contribution in [3.63, 3.8) is 0 Å². The minimum absolute atomic E-state index is 0.0936. The first-order valence-corrected chi connectivity index (χ1v) is 5.34. The number of nitrogens with zero attached hydrogens (tertiary/aromatic N) is 2. The van der Waals surface area contributed by atoms with E-state index in [1.54, 1.807) is 0 Å². The largest absolute Gasteiger partial charge is 0.491 e. The number of aromatic nitrogens is 2. The van der Waals surface area contributed by atoms with Gasteiger partial charge in [-0.3, -0.25) is 0 Å². The Morgan fingerprint density at radius 1 is 1.32 bits per heavy atom. The Balaban J connectivity index is 2.72.